The van der Waals surface area contributed by atoms with E-state index in [0.29, 0.717) is 23.6 Å². The summed E-state index contributed by atoms with van der Waals surface area (Å²) in [6, 6.07) is 16.8. The van der Waals surface area contributed by atoms with Crippen LogP contribution in [0, 0.1) is 0 Å². The highest BCUT2D eigenvalue weighted by atomic mass is 16.5. The molecule has 1 saturated heterocycles. The second-order valence-electron chi connectivity index (χ2n) is 8.23. The number of piperazine rings is 1. The van der Waals surface area contributed by atoms with Crippen molar-refractivity contribution in [3.63, 3.8) is 0 Å². The monoisotopic (exact) mass is 450 g/mol. The number of esters is 1. The van der Waals surface area contributed by atoms with E-state index in [9.17, 15) is 9.59 Å². The van der Waals surface area contributed by atoms with E-state index < -0.39 is 12.0 Å². The van der Waals surface area contributed by atoms with Gasteiger partial charge in [0.2, 0.25) is 0 Å². The first kappa shape index (κ1) is 22.8. The summed E-state index contributed by atoms with van der Waals surface area (Å²) in [7, 11) is 2.94. The molecule has 2 heterocycles. The molecule has 0 bridgehead atoms. The number of hydrogen-bond acceptors (Lipinski definition) is 6. The van der Waals surface area contributed by atoms with Gasteiger partial charge in [-0.05, 0) is 23.3 Å². The maximum Gasteiger partial charge on any atom is 0.338 e. The van der Waals surface area contributed by atoms with E-state index in [0.717, 1.165) is 38.3 Å². The number of hydrogen-bond donors (Lipinski definition) is 2. The van der Waals surface area contributed by atoms with Crippen LogP contribution in [0.5, 0.6) is 5.75 Å². The van der Waals surface area contributed by atoms with Crippen LogP contribution in [0.4, 0.5) is 4.79 Å². The minimum atomic E-state index is -0.615. The Balaban J connectivity index is 1.51. The standard InChI is InChI=1S/C25H30N4O4/c1-32-20-10-6-9-19(15-20)23-22(24(30)33-2)21(26-25(31)27-23)17-29-13-11-28(12-14-29)16-18-7-4-3-5-8-18/h3-10,15,23H,11-14,16-17H2,1-2H3,(H2,26,27,31)/t23-/m0/s1. The van der Waals surface area contributed by atoms with Gasteiger partial charge in [0, 0.05) is 45.0 Å². The molecule has 8 heteroatoms. The predicted molar refractivity (Wildman–Crippen MR) is 125 cm³/mol. The molecule has 2 amide bonds. The van der Waals surface area contributed by atoms with Crippen molar-refractivity contribution in [3.05, 3.63) is 77.0 Å². The molecule has 0 aromatic heterocycles. The van der Waals surface area contributed by atoms with Crippen LogP contribution >= 0.6 is 0 Å². The van der Waals surface area contributed by atoms with Crippen LogP contribution < -0.4 is 15.4 Å². The first-order valence-corrected chi connectivity index (χ1v) is 11.1. The van der Waals surface area contributed by atoms with Crippen molar-refractivity contribution in [1.82, 2.24) is 20.4 Å². The van der Waals surface area contributed by atoms with E-state index in [1.54, 1.807) is 7.11 Å². The third kappa shape index (κ3) is 5.53. The van der Waals surface area contributed by atoms with E-state index in [1.807, 2.05) is 30.3 Å². The fraction of sp³-hybridized carbons (Fsp3) is 0.360. The van der Waals surface area contributed by atoms with Gasteiger partial charge in [-0.1, -0.05) is 42.5 Å². The largest absolute Gasteiger partial charge is 0.497 e. The molecule has 0 spiro atoms. The van der Waals surface area contributed by atoms with Gasteiger partial charge < -0.3 is 20.1 Å². The molecule has 1 atom stereocenters. The lowest BCUT2D eigenvalue weighted by Crippen LogP contribution is -2.51. The molecular weight excluding hydrogens is 420 g/mol. The molecule has 0 unspecified atom stereocenters. The van der Waals surface area contributed by atoms with Crippen LogP contribution in [-0.4, -0.2) is 68.7 Å². The lowest BCUT2D eigenvalue weighted by atomic mass is 9.94. The maximum atomic E-state index is 12.8. The van der Waals surface area contributed by atoms with Gasteiger partial charge in [-0.2, -0.15) is 0 Å². The number of nitrogens with one attached hydrogen (secondary N) is 2. The van der Waals surface area contributed by atoms with E-state index in [-0.39, 0.29) is 6.03 Å². The van der Waals surface area contributed by atoms with Gasteiger partial charge in [0.05, 0.1) is 25.8 Å². The Morgan fingerprint density at radius 3 is 2.33 bits per heavy atom. The quantitative estimate of drug-likeness (QED) is 0.630. The zero-order chi connectivity index (χ0) is 23.2. The predicted octanol–water partition coefficient (Wildman–Crippen LogP) is 2.29. The number of carbonyl (C=O) groups excluding carboxylic acids is 2. The number of nitrogens with zero attached hydrogens (tertiary/aromatic N) is 2. The molecular formula is C25H30N4O4. The van der Waals surface area contributed by atoms with Crippen molar-refractivity contribution in [1.29, 1.82) is 0 Å². The molecule has 0 aliphatic carbocycles. The lowest BCUT2D eigenvalue weighted by Gasteiger charge is -2.37. The lowest BCUT2D eigenvalue weighted by molar-refractivity contribution is -0.136. The van der Waals surface area contributed by atoms with Gasteiger partial charge >= 0.3 is 12.0 Å². The third-order valence-electron chi connectivity index (χ3n) is 6.08. The van der Waals surface area contributed by atoms with Crippen LogP contribution in [0.3, 0.4) is 0 Å². The fourth-order valence-corrected chi connectivity index (χ4v) is 4.34. The average molecular weight is 451 g/mol. The molecule has 0 radical (unpaired) electrons. The number of rotatable bonds is 7. The molecule has 174 valence electrons. The number of amides is 2. The number of carbonyl (C=O) groups is 2. The number of methoxy groups -OCH3 is 2. The molecule has 1 fully saturated rings. The molecule has 2 aliphatic rings. The van der Waals surface area contributed by atoms with Crippen molar-refractivity contribution in [2.45, 2.75) is 12.6 Å². The van der Waals surface area contributed by atoms with Gasteiger partial charge in [0.25, 0.3) is 0 Å². The summed E-state index contributed by atoms with van der Waals surface area (Å²) in [5.41, 5.74) is 3.05. The van der Waals surface area contributed by atoms with Crippen LogP contribution in [0.1, 0.15) is 17.2 Å². The second-order valence-corrected chi connectivity index (χ2v) is 8.23. The van der Waals surface area contributed by atoms with Crippen molar-refractivity contribution in [3.8, 4) is 5.75 Å². The molecule has 8 nitrogen and oxygen atoms in total. The summed E-state index contributed by atoms with van der Waals surface area (Å²) in [5.74, 6) is 0.189. The molecule has 2 N–H and O–H groups in total. The topological polar surface area (TPSA) is 83.1 Å². The minimum absolute atomic E-state index is 0.340. The Labute approximate surface area is 194 Å². The highest BCUT2D eigenvalue weighted by Gasteiger charge is 2.34. The first-order valence-electron chi connectivity index (χ1n) is 11.1. The number of urea groups is 1. The maximum absolute atomic E-state index is 12.8. The summed E-state index contributed by atoms with van der Waals surface area (Å²) in [6.45, 7) is 4.92. The molecule has 33 heavy (non-hydrogen) atoms. The van der Waals surface area contributed by atoms with Crippen molar-refractivity contribution in [2.75, 3.05) is 46.9 Å². The Kier molecular flexibility index (Phi) is 7.26. The third-order valence-corrected chi connectivity index (χ3v) is 6.08. The second kappa shape index (κ2) is 10.5. The Morgan fingerprint density at radius 2 is 1.67 bits per heavy atom. The summed E-state index contributed by atoms with van der Waals surface area (Å²) >= 11 is 0. The van der Waals surface area contributed by atoms with E-state index >= 15 is 0 Å². The highest BCUT2D eigenvalue weighted by Crippen LogP contribution is 2.30. The summed E-state index contributed by atoms with van der Waals surface area (Å²) < 4.78 is 10.4. The summed E-state index contributed by atoms with van der Waals surface area (Å²) in [4.78, 5) is 30.0. The van der Waals surface area contributed by atoms with E-state index in [4.69, 9.17) is 9.47 Å². The molecule has 2 aromatic carbocycles. The van der Waals surface area contributed by atoms with Gasteiger partial charge in [-0.3, -0.25) is 9.80 Å². The van der Waals surface area contributed by atoms with Gasteiger partial charge in [-0.25, -0.2) is 9.59 Å². The van der Waals surface area contributed by atoms with E-state index in [1.165, 1.54) is 12.7 Å². The van der Waals surface area contributed by atoms with E-state index in [2.05, 4.69) is 44.7 Å². The fourth-order valence-electron chi connectivity index (χ4n) is 4.34. The van der Waals surface area contributed by atoms with Crippen LogP contribution in [-0.2, 0) is 16.1 Å². The van der Waals surface area contributed by atoms with Crippen molar-refractivity contribution in [2.24, 2.45) is 0 Å². The molecule has 0 saturated carbocycles. The van der Waals surface area contributed by atoms with Crippen LogP contribution in [0.15, 0.2) is 65.9 Å². The van der Waals surface area contributed by atoms with Crippen LogP contribution in [0.25, 0.3) is 0 Å². The van der Waals surface area contributed by atoms with Crippen molar-refractivity contribution >= 4 is 12.0 Å². The Hall–Kier alpha value is -3.36. The first-order chi connectivity index (χ1) is 16.1. The van der Waals surface area contributed by atoms with Crippen LogP contribution in [0.2, 0.25) is 0 Å². The number of ether oxygens (including phenoxy) is 2. The molecule has 2 aliphatic heterocycles. The molecule has 2 aromatic rings. The summed E-state index contributed by atoms with van der Waals surface area (Å²) in [5, 5.41) is 5.71. The van der Waals surface area contributed by atoms with Crippen molar-refractivity contribution < 1.29 is 19.1 Å². The average Bonchev–Trinajstić information content (AvgIpc) is 2.85. The normalized spacial score (nSPS) is 19.6. The Morgan fingerprint density at radius 1 is 0.970 bits per heavy atom. The zero-order valence-electron chi connectivity index (χ0n) is 19.0. The SMILES string of the molecule is COC(=O)C1=C(CN2CCN(Cc3ccccc3)CC2)NC(=O)N[C@H]1c1cccc(OC)c1. The van der Waals surface area contributed by atoms with Gasteiger partial charge in [0.15, 0.2) is 0 Å². The number of benzene rings is 2. The minimum Gasteiger partial charge on any atom is -0.497 e. The van der Waals surface area contributed by atoms with Gasteiger partial charge in [0.1, 0.15) is 5.75 Å². The molecule has 4 rings (SSSR count). The highest BCUT2D eigenvalue weighted by molar-refractivity contribution is 5.95. The van der Waals surface area contributed by atoms with Gasteiger partial charge in [-0.15, -0.1) is 0 Å². The Bertz CT molecular complexity index is 1020. The smallest absolute Gasteiger partial charge is 0.338 e. The summed E-state index contributed by atoms with van der Waals surface area (Å²) in [6.07, 6.45) is 0. The zero-order valence-corrected chi connectivity index (χ0v) is 19.0.